The van der Waals surface area contributed by atoms with E-state index >= 15 is 0 Å². The summed E-state index contributed by atoms with van der Waals surface area (Å²) in [7, 11) is 0. The molecule has 140 valence electrons. The Morgan fingerprint density at radius 2 is 2.07 bits per heavy atom. The third-order valence-electron chi connectivity index (χ3n) is 5.12. The van der Waals surface area contributed by atoms with Crippen molar-refractivity contribution < 1.29 is 24.6 Å². The predicted octanol–water partition coefficient (Wildman–Crippen LogP) is 0.780. The van der Waals surface area contributed by atoms with Crippen LogP contribution in [0.15, 0.2) is 16.6 Å². The Labute approximate surface area is 159 Å². The molecule has 1 aromatic carbocycles. The Kier molecular flexibility index (Phi) is 3.70. The van der Waals surface area contributed by atoms with E-state index in [0.717, 1.165) is 4.90 Å². The van der Waals surface area contributed by atoms with Crippen LogP contribution in [0.4, 0.5) is 4.79 Å². The lowest BCUT2D eigenvalue weighted by Crippen LogP contribution is -2.52. The standard InChI is InChI=1S/C15H13BrN6O5/c16-8-2-5(11(17)23)1-7(12-18-20-21-19-12)10(8)15(13(24)25)4-6-3-9(6)22(15)14(26)27/h1-2,6,9H,3-4H2,(H2,17,23)(H,24,25)(H,26,27)(H,18,19,20,21)/t6-,9-,15+/m1/s1. The number of piperidine rings is 1. The number of primary amides is 1. The molecule has 11 nitrogen and oxygen atoms in total. The average Bonchev–Trinajstić information content (AvgIpc) is 3.02. The summed E-state index contributed by atoms with van der Waals surface area (Å²) < 4.78 is 0.230. The van der Waals surface area contributed by atoms with Gasteiger partial charge in [-0.1, -0.05) is 15.9 Å². The van der Waals surface area contributed by atoms with Crippen molar-refractivity contribution >= 4 is 33.9 Å². The van der Waals surface area contributed by atoms with Crippen LogP contribution in [0.1, 0.15) is 28.8 Å². The van der Waals surface area contributed by atoms with Crippen LogP contribution in [-0.2, 0) is 10.3 Å². The maximum atomic E-state index is 12.4. The summed E-state index contributed by atoms with van der Waals surface area (Å²) >= 11 is 3.30. The quantitative estimate of drug-likeness (QED) is 0.543. The fourth-order valence-electron chi connectivity index (χ4n) is 3.97. The molecule has 4 rings (SSSR count). The summed E-state index contributed by atoms with van der Waals surface area (Å²) in [6, 6.07) is 2.36. The second kappa shape index (κ2) is 5.74. The van der Waals surface area contributed by atoms with Crippen molar-refractivity contribution in [2.75, 3.05) is 0 Å². The van der Waals surface area contributed by atoms with E-state index in [0.29, 0.717) is 6.42 Å². The third-order valence-corrected chi connectivity index (χ3v) is 5.75. The Bertz CT molecular complexity index is 979. The summed E-state index contributed by atoms with van der Waals surface area (Å²) in [6.45, 7) is 0. The van der Waals surface area contributed by atoms with Gasteiger partial charge in [0.1, 0.15) is 0 Å². The molecule has 0 bridgehead atoms. The molecular weight excluding hydrogens is 424 g/mol. The molecule has 2 amide bonds. The van der Waals surface area contributed by atoms with Crippen LogP contribution in [0.5, 0.6) is 0 Å². The number of fused-ring (bicyclic) bond motifs is 1. The molecule has 0 spiro atoms. The van der Waals surface area contributed by atoms with Crippen molar-refractivity contribution in [2.45, 2.75) is 24.4 Å². The van der Waals surface area contributed by atoms with Crippen LogP contribution in [0, 0.1) is 5.92 Å². The van der Waals surface area contributed by atoms with Crippen molar-refractivity contribution in [2.24, 2.45) is 11.7 Å². The van der Waals surface area contributed by atoms with Gasteiger partial charge < -0.3 is 15.9 Å². The smallest absolute Gasteiger partial charge is 0.408 e. The maximum absolute atomic E-state index is 12.4. The van der Waals surface area contributed by atoms with Gasteiger partial charge in [0, 0.05) is 27.2 Å². The van der Waals surface area contributed by atoms with Gasteiger partial charge in [0.05, 0.1) is 0 Å². The van der Waals surface area contributed by atoms with Gasteiger partial charge >= 0.3 is 12.1 Å². The van der Waals surface area contributed by atoms with E-state index in [-0.39, 0.29) is 45.4 Å². The molecule has 12 heteroatoms. The molecule has 0 radical (unpaired) electrons. The highest BCUT2D eigenvalue weighted by Crippen LogP contribution is 2.59. The number of aromatic nitrogens is 4. The number of carboxylic acids is 1. The minimum Gasteiger partial charge on any atom is -0.479 e. The highest BCUT2D eigenvalue weighted by atomic mass is 79.9. The number of H-pyrrole nitrogens is 1. The number of likely N-dealkylation sites (tertiary alicyclic amines) is 1. The van der Waals surface area contributed by atoms with Crippen molar-refractivity contribution in [1.29, 1.82) is 0 Å². The zero-order valence-corrected chi connectivity index (χ0v) is 15.2. The third kappa shape index (κ3) is 2.40. The Morgan fingerprint density at radius 3 is 2.63 bits per heavy atom. The first-order chi connectivity index (χ1) is 12.8. The topological polar surface area (TPSA) is 175 Å². The van der Waals surface area contributed by atoms with E-state index in [2.05, 4.69) is 36.6 Å². The molecule has 3 atom stereocenters. The number of carbonyl (C=O) groups is 3. The first kappa shape index (κ1) is 17.4. The normalized spacial score (nSPS) is 25.9. The number of aliphatic carboxylic acids is 1. The lowest BCUT2D eigenvalue weighted by Gasteiger charge is -2.37. The second-order valence-electron chi connectivity index (χ2n) is 6.57. The summed E-state index contributed by atoms with van der Waals surface area (Å²) in [5, 5.41) is 33.3. The molecule has 2 aliphatic rings. The number of rotatable bonds is 4. The molecule has 2 aromatic rings. The molecule has 5 N–H and O–H groups in total. The Balaban J connectivity index is 2.03. The summed E-state index contributed by atoms with van der Waals surface area (Å²) in [4.78, 5) is 37.0. The first-order valence-electron chi connectivity index (χ1n) is 7.90. The van der Waals surface area contributed by atoms with Crippen molar-refractivity contribution in [1.82, 2.24) is 25.5 Å². The Hall–Kier alpha value is -3.02. The number of amides is 2. The van der Waals surface area contributed by atoms with Crippen molar-refractivity contribution in [3.05, 3.63) is 27.7 Å². The molecular formula is C15H13BrN6O5. The van der Waals surface area contributed by atoms with Crippen LogP contribution in [0.2, 0.25) is 0 Å². The number of aromatic amines is 1. The van der Waals surface area contributed by atoms with Gasteiger partial charge in [-0.15, -0.1) is 10.2 Å². The highest BCUT2D eigenvalue weighted by molar-refractivity contribution is 9.10. The largest absolute Gasteiger partial charge is 0.479 e. The number of hydrogen-bond donors (Lipinski definition) is 4. The lowest BCUT2D eigenvalue weighted by molar-refractivity contribution is -0.150. The van der Waals surface area contributed by atoms with Gasteiger partial charge in [0.2, 0.25) is 11.7 Å². The fourth-order valence-corrected chi connectivity index (χ4v) is 4.76. The minimum atomic E-state index is -1.84. The fraction of sp³-hybridized carbons (Fsp3) is 0.333. The maximum Gasteiger partial charge on any atom is 0.408 e. The van der Waals surface area contributed by atoms with Crippen LogP contribution >= 0.6 is 15.9 Å². The molecule has 1 aliphatic heterocycles. The van der Waals surface area contributed by atoms with E-state index in [4.69, 9.17) is 5.73 Å². The predicted molar refractivity (Wildman–Crippen MR) is 91.5 cm³/mol. The zero-order valence-electron chi connectivity index (χ0n) is 13.6. The molecule has 1 aliphatic carbocycles. The van der Waals surface area contributed by atoms with Crippen LogP contribution in [-0.4, -0.2) is 59.7 Å². The number of hydrogen-bond acceptors (Lipinski definition) is 6. The first-order valence-corrected chi connectivity index (χ1v) is 8.70. The molecule has 2 fully saturated rings. The number of nitrogens with one attached hydrogen (secondary N) is 1. The minimum absolute atomic E-state index is 0.0281. The van der Waals surface area contributed by atoms with Crippen LogP contribution in [0.25, 0.3) is 11.4 Å². The monoisotopic (exact) mass is 436 g/mol. The number of halogens is 1. The Morgan fingerprint density at radius 1 is 1.33 bits per heavy atom. The van der Waals surface area contributed by atoms with E-state index in [1.54, 1.807) is 0 Å². The van der Waals surface area contributed by atoms with E-state index < -0.39 is 23.5 Å². The summed E-state index contributed by atoms with van der Waals surface area (Å²) in [5.41, 5.74) is 3.93. The van der Waals surface area contributed by atoms with Gasteiger partial charge in [0.25, 0.3) is 0 Å². The van der Waals surface area contributed by atoms with Crippen molar-refractivity contribution in [3.8, 4) is 11.4 Å². The number of tetrazole rings is 1. The number of benzene rings is 1. The number of nitrogens with zero attached hydrogens (tertiary/aromatic N) is 4. The zero-order chi connectivity index (χ0) is 19.5. The number of nitrogens with two attached hydrogens (primary N) is 1. The molecule has 1 saturated heterocycles. The average molecular weight is 437 g/mol. The molecule has 0 unspecified atom stereocenters. The van der Waals surface area contributed by atoms with Gasteiger partial charge in [-0.3, -0.25) is 9.69 Å². The molecule has 1 aromatic heterocycles. The highest BCUT2D eigenvalue weighted by Gasteiger charge is 2.67. The molecule has 27 heavy (non-hydrogen) atoms. The SMILES string of the molecule is NC(=O)c1cc(Br)c([C@]2(C(=O)O)C[C@H]3C[C@H]3N2C(=O)O)c(-c2nn[nH]n2)c1. The number of carbonyl (C=O) groups excluding carboxylic acids is 1. The molecule has 2 heterocycles. The van der Waals surface area contributed by atoms with Gasteiger partial charge in [-0.25, -0.2) is 9.59 Å². The van der Waals surface area contributed by atoms with E-state index in [1.165, 1.54) is 12.1 Å². The summed E-state index contributed by atoms with van der Waals surface area (Å²) in [6.07, 6.45) is -0.596. The second-order valence-corrected chi connectivity index (χ2v) is 7.42. The summed E-state index contributed by atoms with van der Waals surface area (Å²) in [5.74, 6) is -2.06. The van der Waals surface area contributed by atoms with Gasteiger partial charge in [0.15, 0.2) is 5.54 Å². The lowest BCUT2D eigenvalue weighted by atomic mass is 9.81. The number of carboxylic acid groups (broad SMARTS) is 2. The van der Waals surface area contributed by atoms with E-state index in [9.17, 15) is 24.6 Å². The van der Waals surface area contributed by atoms with Gasteiger partial charge in [-0.05, 0) is 36.1 Å². The van der Waals surface area contributed by atoms with Crippen LogP contribution < -0.4 is 5.73 Å². The van der Waals surface area contributed by atoms with E-state index in [1.807, 2.05) is 0 Å². The molecule has 1 saturated carbocycles. The van der Waals surface area contributed by atoms with Gasteiger partial charge in [-0.2, -0.15) is 5.21 Å². The van der Waals surface area contributed by atoms with Crippen LogP contribution in [0.3, 0.4) is 0 Å². The van der Waals surface area contributed by atoms with Crippen molar-refractivity contribution in [3.63, 3.8) is 0 Å².